The van der Waals surface area contributed by atoms with Crippen molar-refractivity contribution in [1.29, 1.82) is 0 Å². The van der Waals surface area contributed by atoms with Crippen molar-refractivity contribution in [3.8, 4) is 0 Å². The van der Waals surface area contributed by atoms with Crippen LogP contribution in [0.3, 0.4) is 0 Å². The van der Waals surface area contributed by atoms with Gasteiger partial charge in [0, 0.05) is 0 Å². The van der Waals surface area contributed by atoms with Gasteiger partial charge in [0.15, 0.2) is 0 Å². The summed E-state index contributed by atoms with van der Waals surface area (Å²) in [5, 5.41) is 8.52. The van der Waals surface area contributed by atoms with Crippen LogP contribution in [0.4, 0.5) is 0 Å². The summed E-state index contributed by atoms with van der Waals surface area (Å²) in [5.41, 5.74) is 0. The van der Waals surface area contributed by atoms with E-state index in [9.17, 15) is 4.79 Å². The first kappa shape index (κ1) is 4.59. The van der Waals surface area contributed by atoms with Gasteiger partial charge in [0.05, 0.1) is 6.10 Å². The highest BCUT2D eigenvalue weighted by Gasteiger charge is 2.42. The Morgan fingerprint density at radius 1 is 2.00 bits per heavy atom. The Kier molecular flexibility index (Phi) is 0.785. The number of cyclic esters (lactones) is 1. The summed E-state index contributed by atoms with van der Waals surface area (Å²) in [6.45, 7) is 1.52. The van der Waals surface area contributed by atoms with E-state index < -0.39 is 12.2 Å². The van der Waals surface area contributed by atoms with Crippen molar-refractivity contribution in [3.05, 3.63) is 0 Å². The second kappa shape index (κ2) is 1.20. The highest BCUT2D eigenvalue weighted by molar-refractivity contribution is 5.87. The number of carbonyl (C=O) groups excluding carboxylic acids is 1. The summed E-state index contributed by atoms with van der Waals surface area (Å²) in [5.74, 6) is -0.296. The van der Waals surface area contributed by atoms with E-state index in [0.717, 1.165) is 0 Å². The van der Waals surface area contributed by atoms with Crippen LogP contribution in [-0.2, 0) is 9.53 Å². The monoisotopic (exact) mass is 102 g/mol. The van der Waals surface area contributed by atoms with Crippen molar-refractivity contribution < 1.29 is 14.6 Å². The Bertz CT molecular complexity index is 97.1. The lowest BCUT2D eigenvalue weighted by Crippen LogP contribution is -2.08. The number of hydrogen-bond donors (Lipinski definition) is 1. The van der Waals surface area contributed by atoms with Crippen molar-refractivity contribution >= 4 is 5.97 Å². The molecular formula is C4H6O3. The molecule has 0 bridgehead atoms. The van der Waals surface area contributed by atoms with E-state index in [1.165, 1.54) is 6.92 Å². The van der Waals surface area contributed by atoms with Gasteiger partial charge in [-0.1, -0.05) is 0 Å². The van der Waals surface area contributed by atoms with Gasteiger partial charge in [0.25, 0.3) is 0 Å². The molecule has 1 aliphatic rings. The second-order valence-corrected chi connectivity index (χ2v) is 1.60. The lowest BCUT2D eigenvalue weighted by Gasteiger charge is -1.87. The number of rotatable bonds is 1. The van der Waals surface area contributed by atoms with Crippen molar-refractivity contribution in [2.75, 3.05) is 0 Å². The van der Waals surface area contributed by atoms with Crippen LogP contribution in [0, 0.1) is 0 Å². The molecular weight excluding hydrogens is 96.0 g/mol. The molecule has 1 N–H and O–H groups in total. The molecule has 0 aromatic heterocycles. The fourth-order valence-corrected chi connectivity index (χ4v) is 0.387. The number of ether oxygens (including phenoxy) is 1. The minimum absolute atomic E-state index is 0.296. The first-order valence-corrected chi connectivity index (χ1v) is 2.10. The standard InChI is InChI=1S/C4H6O3/c1-2(5)3-4(6)7-3/h2-3,5H,1H3/t2?,3-/m0/s1. The van der Waals surface area contributed by atoms with E-state index in [4.69, 9.17) is 5.11 Å². The predicted molar refractivity (Wildman–Crippen MR) is 21.6 cm³/mol. The van der Waals surface area contributed by atoms with E-state index in [0.29, 0.717) is 0 Å². The molecule has 0 aliphatic carbocycles. The van der Waals surface area contributed by atoms with Gasteiger partial charge in [0.1, 0.15) is 0 Å². The summed E-state index contributed by atoms with van der Waals surface area (Å²) in [4.78, 5) is 9.95. The molecule has 1 aliphatic heterocycles. The molecule has 7 heavy (non-hydrogen) atoms. The highest BCUT2D eigenvalue weighted by Crippen LogP contribution is 2.15. The molecule has 1 saturated heterocycles. The lowest BCUT2D eigenvalue weighted by molar-refractivity contribution is -0.117. The van der Waals surface area contributed by atoms with Crippen molar-refractivity contribution in [1.82, 2.24) is 0 Å². The summed E-state index contributed by atoms with van der Waals surface area (Å²) in [6, 6.07) is 0. The molecule has 1 heterocycles. The maximum absolute atomic E-state index is 9.95. The van der Waals surface area contributed by atoms with Crippen LogP contribution < -0.4 is 0 Å². The van der Waals surface area contributed by atoms with Crippen molar-refractivity contribution in [2.24, 2.45) is 0 Å². The third-order valence-corrected chi connectivity index (χ3v) is 0.856. The normalized spacial score (nSPS) is 31.7. The number of aliphatic hydroxyl groups excluding tert-OH is 1. The molecule has 0 spiro atoms. The topological polar surface area (TPSA) is 49.8 Å². The maximum Gasteiger partial charge on any atom is 0.351 e. The van der Waals surface area contributed by atoms with Gasteiger partial charge in [0.2, 0.25) is 6.10 Å². The average molecular weight is 102 g/mol. The third kappa shape index (κ3) is 0.718. The number of aliphatic hydroxyl groups is 1. The molecule has 3 heteroatoms. The first-order chi connectivity index (χ1) is 3.22. The van der Waals surface area contributed by atoms with Crippen LogP contribution in [0.5, 0.6) is 0 Å². The molecule has 0 saturated carbocycles. The predicted octanol–water partition coefficient (Wildman–Crippen LogP) is -0.707. The van der Waals surface area contributed by atoms with E-state index in [1.807, 2.05) is 0 Å². The minimum Gasteiger partial charge on any atom is -0.445 e. The van der Waals surface area contributed by atoms with Gasteiger partial charge in [-0.15, -0.1) is 0 Å². The molecule has 40 valence electrons. The molecule has 1 rings (SSSR count). The van der Waals surface area contributed by atoms with Gasteiger partial charge >= 0.3 is 5.97 Å². The summed E-state index contributed by atoms with van der Waals surface area (Å²) < 4.78 is 4.29. The van der Waals surface area contributed by atoms with E-state index in [-0.39, 0.29) is 5.97 Å². The Morgan fingerprint density at radius 3 is 2.43 bits per heavy atom. The van der Waals surface area contributed by atoms with Crippen LogP contribution in [-0.4, -0.2) is 23.3 Å². The Labute approximate surface area is 40.9 Å². The van der Waals surface area contributed by atoms with Crippen molar-refractivity contribution in [3.63, 3.8) is 0 Å². The van der Waals surface area contributed by atoms with Crippen LogP contribution in [0.1, 0.15) is 6.92 Å². The van der Waals surface area contributed by atoms with Gasteiger partial charge < -0.3 is 9.84 Å². The second-order valence-electron chi connectivity index (χ2n) is 1.60. The molecule has 0 amide bonds. The Balaban J connectivity index is 2.33. The largest absolute Gasteiger partial charge is 0.445 e. The Hall–Kier alpha value is -0.570. The molecule has 2 atom stereocenters. The van der Waals surface area contributed by atoms with E-state index >= 15 is 0 Å². The summed E-state index contributed by atoms with van der Waals surface area (Å²) in [6.07, 6.45) is -1.15. The van der Waals surface area contributed by atoms with Crippen LogP contribution >= 0.6 is 0 Å². The fourth-order valence-electron chi connectivity index (χ4n) is 0.387. The maximum atomic E-state index is 9.95. The zero-order valence-electron chi connectivity index (χ0n) is 3.92. The first-order valence-electron chi connectivity index (χ1n) is 2.10. The highest BCUT2D eigenvalue weighted by atomic mass is 16.7. The van der Waals surface area contributed by atoms with E-state index in [2.05, 4.69) is 4.74 Å². The number of hydrogen-bond acceptors (Lipinski definition) is 3. The molecule has 0 aromatic rings. The Morgan fingerprint density at radius 2 is 2.43 bits per heavy atom. The van der Waals surface area contributed by atoms with E-state index in [1.54, 1.807) is 0 Å². The molecule has 0 radical (unpaired) electrons. The number of carbonyl (C=O) groups is 1. The summed E-state index contributed by atoms with van der Waals surface area (Å²) in [7, 11) is 0. The lowest BCUT2D eigenvalue weighted by atomic mass is 10.3. The average Bonchev–Trinajstić information content (AvgIpc) is 2.17. The SMILES string of the molecule is CC(O)[C@@H]1OC1=O. The van der Waals surface area contributed by atoms with Crippen LogP contribution in [0.25, 0.3) is 0 Å². The summed E-state index contributed by atoms with van der Waals surface area (Å²) >= 11 is 0. The van der Waals surface area contributed by atoms with Crippen LogP contribution in [0.2, 0.25) is 0 Å². The smallest absolute Gasteiger partial charge is 0.351 e. The van der Waals surface area contributed by atoms with Gasteiger partial charge in [-0.3, -0.25) is 0 Å². The molecule has 1 fully saturated rings. The van der Waals surface area contributed by atoms with Crippen LogP contribution in [0.15, 0.2) is 0 Å². The van der Waals surface area contributed by atoms with Crippen molar-refractivity contribution in [2.45, 2.75) is 19.1 Å². The zero-order valence-corrected chi connectivity index (χ0v) is 3.92. The third-order valence-electron chi connectivity index (χ3n) is 0.856. The zero-order chi connectivity index (χ0) is 5.44. The molecule has 0 aromatic carbocycles. The van der Waals surface area contributed by atoms with Gasteiger partial charge in [-0.25, -0.2) is 4.79 Å². The number of epoxide rings is 1. The molecule has 3 nitrogen and oxygen atoms in total. The fraction of sp³-hybridized carbons (Fsp3) is 0.750. The van der Waals surface area contributed by atoms with Gasteiger partial charge in [-0.05, 0) is 6.92 Å². The molecule has 1 unspecified atom stereocenters. The van der Waals surface area contributed by atoms with Gasteiger partial charge in [-0.2, -0.15) is 0 Å². The minimum atomic E-state index is -0.632. The quantitative estimate of drug-likeness (QED) is 0.445.